The summed E-state index contributed by atoms with van der Waals surface area (Å²) in [5.74, 6) is -1.96. The number of aromatic carboxylic acids is 1. The van der Waals surface area contributed by atoms with Gasteiger partial charge in [-0.1, -0.05) is 17.7 Å². The molecule has 2 aromatic heterocycles. The Balaban J connectivity index is 1.63. The first-order valence-corrected chi connectivity index (χ1v) is 9.78. The van der Waals surface area contributed by atoms with Gasteiger partial charge in [0.15, 0.2) is 0 Å². The summed E-state index contributed by atoms with van der Waals surface area (Å²) in [6.07, 6.45) is 3.30. The number of hydrogen-bond acceptors (Lipinski definition) is 3. The van der Waals surface area contributed by atoms with Crippen molar-refractivity contribution in [1.29, 1.82) is 0 Å². The molecule has 31 heavy (non-hydrogen) atoms. The van der Waals surface area contributed by atoms with Crippen LogP contribution in [-0.2, 0) is 13.1 Å². The molecule has 0 saturated heterocycles. The van der Waals surface area contributed by atoms with E-state index in [0.29, 0.717) is 28.6 Å². The highest BCUT2D eigenvalue weighted by Crippen LogP contribution is 2.24. The number of hydrogen-bond donors (Lipinski definition) is 2. The molecule has 2 N–H and O–H groups in total. The Labute approximate surface area is 181 Å². The predicted octanol–water partition coefficient (Wildman–Crippen LogP) is 4.51. The second kappa shape index (κ2) is 8.57. The first-order chi connectivity index (χ1) is 14.9. The van der Waals surface area contributed by atoms with Crippen LogP contribution in [-0.4, -0.2) is 26.5 Å². The zero-order valence-electron chi connectivity index (χ0n) is 16.2. The molecule has 2 heterocycles. The van der Waals surface area contributed by atoms with E-state index in [4.69, 9.17) is 11.6 Å². The number of fused-ring (bicyclic) bond motifs is 1. The number of carbonyl (C=O) groups is 2. The maximum Gasteiger partial charge on any atom is 0.352 e. The molecule has 0 bridgehead atoms. The van der Waals surface area contributed by atoms with Crippen molar-refractivity contribution in [2.75, 3.05) is 0 Å². The Morgan fingerprint density at radius 2 is 1.81 bits per heavy atom. The van der Waals surface area contributed by atoms with E-state index in [2.05, 4.69) is 10.3 Å². The fourth-order valence-electron chi connectivity index (χ4n) is 3.37. The van der Waals surface area contributed by atoms with E-state index in [1.165, 1.54) is 18.2 Å². The first-order valence-electron chi connectivity index (χ1n) is 9.40. The maximum atomic E-state index is 13.8. The van der Waals surface area contributed by atoms with Crippen LogP contribution in [0, 0.1) is 5.82 Å². The molecule has 0 atom stereocenters. The third-order valence-corrected chi connectivity index (χ3v) is 5.22. The number of nitrogens with one attached hydrogen (secondary N) is 1. The zero-order chi connectivity index (χ0) is 22.0. The van der Waals surface area contributed by atoms with Crippen molar-refractivity contribution in [2.45, 2.75) is 13.1 Å². The van der Waals surface area contributed by atoms with Crippen molar-refractivity contribution in [3.05, 3.63) is 100 Å². The van der Waals surface area contributed by atoms with Gasteiger partial charge in [0.1, 0.15) is 11.5 Å². The van der Waals surface area contributed by atoms with Gasteiger partial charge >= 0.3 is 5.97 Å². The highest BCUT2D eigenvalue weighted by atomic mass is 35.5. The van der Waals surface area contributed by atoms with Gasteiger partial charge in [0.05, 0.1) is 5.02 Å². The maximum absolute atomic E-state index is 13.8. The lowest BCUT2D eigenvalue weighted by Gasteiger charge is -2.10. The molecule has 2 aromatic carbocycles. The normalized spacial score (nSPS) is 10.9. The molecule has 4 aromatic rings. The van der Waals surface area contributed by atoms with Crippen molar-refractivity contribution < 1.29 is 19.1 Å². The lowest BCUT2D eigenvalue weighted by atomic mass is 10.1. The van der Waals surface area contributed by atoms with Gasteiger partial charge in [-0.25, -0.2) is 9.18 Å². The van der Waals surface area contributed by atoms with Gasteiger partial charge in [0.25, 0.3) is 5.91 Å². The van der Waals surface area contributed by atoms with E-state index in [1.807, 2.05) is 12.1 Å². The van der Waals surface area contributed by atoms with Crippen LogP contribution >= 0.6 is 11.6 Å². The van der Waals surface area contributed by atoms with Gasteiger partial charge in [-0.15, -0.1) is 0 Å². The van der Waals surface area contributed by atoms with Crippen molar-refractivity contribution in [3.8, 4) is 0 Å². The van der Waals surface area contributed by atoms with Gasteiger partial charge in [-0.2, -0.15) is 0 Å². The molecule has 0 unspecified atom stereocenters. The summed E-state index contributed by atoms with van der Waals surface area (Å²) in [6.45, 7) is 0.496. The van der Waals surface area contributed by atoms with Gasteiger partial charge in [0, 0.05) is 41.9 Å². The van der Waals surface area contributed by atoms with E-state index in [0.717, 1.165) is 5.56 Å². The van der Waals surface area contributed by atoms with Gasteiger partial charge in [-0.3, -0.25) is 9.78 Å². The standard InChI is InChI=1S/C23H17ClFN3O3/c24-18-3-1-15(9-19(18)25)13-28-20-4-2-16(10-17(20)11-21(28)23(30)31)22(29)27-12-14-5-7-26-8-6-14/h1-11H,12-13H2,(H,27,29)(H,30,31). The SMILES string of the molecule is O=C(NCc1ccncc1)c1ccc2c(c1)cc(C(=O)O)n2Cc1ccc(Cl)c(F)c1. The summed E-state index contributed by atoms with van der Waals surface area (Å²) in [5.41, 5.74) is 2.56. The van der Waals surface area contributed by atoms with Crippen molar-refractivity contribution in [3.63, 3.8) is 0 Å². The molecule has 156 valence electrons. The van der Waals surface area contributed by atoms with Crippen molar-refractivity contribution in [2.24, 2.45) is 0 Å². The molecule has 0 spiro atoms. The number of pyridine rings is 1. The Kier molecular flexibility index (Phi) is 5.68. The second-order valence-corrected chi connectivity index (χ2v) is 7.39. The molecule has 0 fully saturated rings. The minimum absolute atomic E-state index is 0.00184. The van der Waals surface area contributed by atoms with E-state index in [1.54, 1.807) is 41.2 Å². The number of nitrogens with zero attached hydrogens (tertiary/aromatic N) is 2. The average Bonchev–Trinajstić information content (AvgIpc) is 3.13. The molecular formula is C23H17ClFN3O3. The number of carboxylic acid groups (broad SMARTS) is 1. The largest absolute Gasteiger partial charge is 0.477 e. The minimum Gasteiger partial charge on any atom is -0.477 e. The molecule has 6 nitrogen and oxygen atoms in total. The summed E-state index contributed by atoms with van der Waals surface area (Å²) in [4.78, 5) is 28.3. The quantitative estimate of drug-likeness (QED) is 0.465. The first kappa shape index (κ1) is 20.6. The fourth-order valence-corrected chi connectivity index (χ4v) is 3.48. The smallest absolute Gasteiger partial charge is 0.352 e. The molecule has 8 heteroatoms. The van der Waals surface area contributed by atoms with Crippen LogP contribution in [0.4, 0.5) is 4.39 Å². The van der Waals surface area contributed by atoms with Gasteiger partial charge in [-0.05, 0) is 59.7 Å². The number of benzene rings is 2. The molecule has 0 radical (unpaired) electrons. The van der Waals surface area contributed by atoms with Crippen LogP contribution in [0.1, 0.15) is 32.0 Å². The minimum atomic E-state index is -1.12. The molecule has 0 aliphatic rings. The molecular weight excluding hydrogens is 421 g/mol. The third kappa shape index (κ3) is 4.41. The number of carboxylic acids is 1. The number of rotatable bonds is 6. The third-order valence-electron chi connectivity index (χ3n) is 4.91. The molecule has 0 saturated carbocycles. The van der Waals surface area contributed by atoms with Crippen LogP contribution in [0.2, 0.25) is 5.02 Å². The fraction of sp³-hybridized carbons (Fsp3) is 0.0870. The highest BCUT2D eigenvalue weighted by molar-refractivity contribution is 6.30. The lowest BCUT2D eigenvalue weighted by Crippen LogP contribution is -2.22. The number of carbonyl (C=O) groups excluding carboxylic acids is 1. The van der Waals surface area contributed by atoms with Crippen molar-refractivity contribution in [1.82, 2.24) is 14.9 Å². The van der Waals surface area contributed by atoms with Crippen molar-refractivity contribution >= 4 is 34.4 Å². The van der Waals surface area contributed by atoms with Crippen LogP contribution in [0.5, 0.6) is 0 Å². The molecule has 0 aliphatic carbocycles. The topological polar surface area (TPSA) is 84.2 Å². The Morgan fingerprint density at radius 1 is 1.03 bits per heavy atom. The molecule has 1 amide bonds. The monoisotopic (exact) mass is 437 g/mol. The van der Waals surface area contributed by atoms with E-state index < -0.39 is 11.8 Å². The van der Waals surface area contributed by atoms with Crippen LogP contribution in [0.15, 0.2) is 67.0 Å². The van der Waals surface area contributed by atoms with E-state index in [9.17, 15) is 19.1 Å². The Morgan fingerprint density at radius 3 is 2.52 bits per heavy atom. The second-order valence-electron chi connectivity index (χ2n) is 6.98. The predicted molar refractivity (Wildman–Crippen MR) is 115 cm³/mol. The zero-order valence-corrected chi connectivity index (χ0v) is 16.9. The summed E-state index contributed by atoms with van der Waals surface area (Å²) >= 11 is 5.73. The summed E-state index contributed by atoms with van der Waals surface area (Å²) < 4.78 is 15.4. The van der Waals surface area contributed by atoms with Gasteiger partial charge in [0.2, 0.25) is 0 Å². The molecule has 4 rings (SSSR count). The van der Waals surface area contributed by atoms with E-state index >= 15 is 0 Å². The van der Waals surface area contributed by atoms with Gasteiger partial charge < -0.3 is 15.0 Å². The number of aromatic nitrogens is 2. The average molecular weight is 438 g/mol. The Bertz CT molecular complexity index is 1290. The highest BCUT2D eigenvalue weighted by Gasteiger charge is 2.17. The van der Waals surface area contributed by atoms with Crippen LogP contribution in [0.25, 0.3) is 10.9 Å². The molecule has 0 aliphatic heterocycles. The summed E-state index contributed by atoms with van der Waals surface area (Å²) in [6, 6.07) is 14.4. The van der Waals surface area contributed by atoms with Crippen LogP contribution < -0.4 is 5.32 Å². The number of halogens is 2. The van der Waals surface area contributed by atoms with E-state index in [-0.39, 0.29) is 23.2 Å². The summed E-state index contributed by atoms with van der Waals surface area (Å²) in [5, 5.41) is 13.1. The Hall–Kier alpha value is -3.71. The van der Waals surface area contributed by atoms with Crippen LogP contribution in [0.3, 0.4) is 0 Å². The number of amides is 1. The lowest BCUT2D eigenvalue weighted by molar-refractivity contribution is 0.0686. The summed E-state index contributed by atoms with van der Waals surface area (Å²) in [7, 11) is 0.